The monoisotopic (exact) mass is 369 g/mol. The third-order valence-corrected chi connectivity index (χ3v) is 4.59. The van der Waals surface area contributed by atoms with Crippen molar-refractivity contribution in [2.24, 2.45) is 0 Å². The number of rotatable bonds is 4. The number of thiocarbonyl (C=S) groups is 1. The molecule has 0 fully saturated rings. The molecule has 0 saturated heterocycles. The molecule has 0 aliphatic heterocycles. The highest BCUT2D eigenvalue weighted by Gasteiger charge is 2.13. The molecular formula is C15H16ClN3O2S2. The predicted molar refractivity (Wildman–Crippen MR) is 98.6 cm³/mol. The predicted octanol–water partition coefficient (Wildman–Crippen LogP) is 3.94. The lowest BCUT2D eigenvalue weighted by Crippen LogP contribution is -2.19. The fourth-order valence-electron chi connectivity index (χ4n) is 1.87. The molecule has 8 heteroatoms. The maximum absolute atomic E-state index is 11.4. The van der Waals surface area contributed by atoms with Gasteiger partial charge < -0.3 is 15.4 Å². The van der Waals surface area contributed by atoms with E-state index in [9.17, 15) is 4.79 Å². The number of methoxy groups -OCH3 is 1. The number of benzene rings is 1. The van der Waals surface area contributed by atoms with Crippen molar-refractivity contribution in [2.75, 3.05) is 17.7 Å². The zero-order valence-electron chi connectivity index (χ0n) is 12.9. The lowest BCUT2D eigenvalue weighted by molar-refractivity contribution is -0.139. The number of carbonyl (C=O) groups is 1. The van der Waals surface area contributed by atoms with Gasteiger partial charge in [-0.3, -0.25) is 4.79 Å². The SMILES string of the molecule is COC(=O)Cc1sc(NC(=S)Nc2ccc(Cl)cc2C)nc1C. The van der Waals surface area contributed by atoms with Crippen LogP contribution in [0.15, 0.2) is 18.2 Å². The van der Waals surface area contributed by atoms with Crippen LogP contribution in [0.1, 0.15) is 16.1 Å². The zero-order valence-corrected chi connectivity index (χ0v) is 15.3. The number of ether oxygens (including phenoxy) is 1. The summed E-state index contributed by atoms with van der Waals surface area (Å²) in [5.74, 6) is -0.291. The average Bonchev–Trinajstić information content (AvgIpc) is 2.81. The van der Waals surface area contributed by atoms with Crippen molar-refractivity contribution in [3.8, 4) is 0 Å². The summed E-state index contributed by atoms with van der Waals surface area (Å²) in [6.45, 7) is 3.79. The molecule has 0 bridgehead atoms. The molecule has 0 unspecified atom stereocenters. The molecule has 0 radical (unpaired) electrons. The van der Waals surface area contributed by atoms with Gasteiger partial charge in [-0.05, 0) is 49.8 Å². The van der Waals surface area contributed by atoms with Crippen LogP contribution >= 0.6 is 35.2 Å². The molecule has 1 aromatic carbocycles. The number of hydrogen-bond acceptors (Lipinski definition) is 5. The number of halogens is 1. The fourth-order valence-corrected chi connectivity index (χ4v) is 3.32. The van der Waals surface area contributed by atoms with Crippen LogP contribution in [-0.4, -0.2) is 23.2 Å². The first-order chi connectivity index (χ1) is 10.9. The lowest BCUT2D eigenvalue weighted by atomic mass is 10.2. The molecule has 2 N–H and O–H groups in total. The van der Waals surface area contributed by atoms with Crippen molar-refractivity contribution in [3.05, 3.63) is 39.4 Å². The molecule has 5 nitrogen and oxygen atoms in total. The van der Waals surface area contributed by atoms with E-state index in [2.05, 4.69) is 20.4 Å². The van der Waals surface area contributed by atoms with E-state index in [1.807, 2.05) is 26.0 Å². The summed E-state index contributed by atoms with van der Waals surface area (Å²) in [7, 11) is 1.37. The van der Waals surface area contributed by atoms with E-state index in [0.29, 0.717) is 15.3 Å². The first kappa shape index (κ1) is 17.7. The Hall–Kier alpha value is -1.70. The van der Waals surface area contributed by atoms with Gasteiger partial charge in [0.15, 0.2) is 10.2 Å². The van der Waals surface area contributed by atoms with Gasteiger partial charge in [-0.15, -0.1) is 11.3 Å². The summed E-state index contributed by atoms with van der Waals surface area (Å²) in [5.41, 5.74) is 2.65. The van der Waals surface area contributed by atoms with Crippen molar-refractivity contribution in [1.29, 1.82) is 0 Å². The van der Waals surface area contributed by atoms with Crippen LogP contribution in [0.2, 0.25) is 5.02 Å². The first-order valence-electron chi connectivity index (χ1n) is 6.76. The number of nitrogens with zero attached hydrogens (tertiary/aromatic N) is 1. The number of anilines is 2. The van der Waals surface area contributed by atoms with Gasteiger partial charge in [0.05, 0.1) is 19.2 Å². The Morgan fingerprint density at radius 1 is 1.39 bits per heavy atom. The summed E-state index contributed by atoms with van der Waals surface area (Å²) in [6, 6.07) is 5.51. The summed E-state index contributed by atoms with van der Waals surface area (Å²) in [5, 5.41) is 7.86. The van der Waals surface area contributed by atoms with Crippen molar-refractivity contribution >= 4 is 57.1 Å². The Labute approximate surface area is 149 Å². The maximum Gasteiger partial charge on any atom is 0.310 e. The highest BCUT2D eigenvalue weighted by molar-refractivity contribution is 7.80. The number of thiazole rings is 1. The quantitative estimate of drug-likeness (QED) is 0.628. The van der Waals surface area contributed by atoms with Gasteiger partial charge in [-0.25, -0.2) is 4.98 Å². The molecular weight excluding hydrogens is 354 g/mol. The summed E-state index contributed by atoms with van der Waals surface area (Å²) >= 11 is 12.6. The number of carbonyl (C=O) groups excluding carboxylic acids is 1. The molecule has 122 valence electrons. The molecule has 1 heterocycles. The molecule has 2 rings (SSSR count). The van der Waals surface area contributed by atoms with Gasteiger partial charge in [0.2, 0.25) is 0 Å². The number of nitrogens with one attached hydrogen (secondary N) is 2. The highest BCUT2D eigenvalue weighted by Crippen LogP contribution is 2.24. The second kappa shape index (κ2) is 7.72. The molecule has 23 heavy (non-hydrogen) atoms. The lowest BCUT2D eigenvalue weighted by Gasteiger charge is -2.11. The van der Waals surface area contributed by atoms with E-state index >= 15 is 0 Å². The minimum absolute atomic E-state index is 0.207. The summed E-state index contributed by atoms with van der Waals surface area (Å²) in [6.07, 6.45) is 0.207. The Morgan fingerprint density at radius 2 is 2.13 bits per heavy atom. The Kier molecular flexibility index (Phi) is 5.92. The maximum atomic E-state index is 11.4. The molecule has 2 aromatic rings. The summed E-state index contributed by atoms with van der Waals surface area (Å²) in [4.78, 5) is 16.6. The number of aryl methyl sites for hydroxylation is 2. The van der Waals surface area contributed by atoms with Gasteiger partial charge in [0.1, 0.15) is 0 Å². The zero-order chi connectivity index (χ0) is 17.0. The van der Waals surface area contributed by atoms with Crippen molar-refractivity contribution in [3.63, 3.8) is 0 Å². The van der Waals surface area contributed by atoms with Crippen molar-refractivity contribution in [1.82, 2.24) is 4.98 Å². The normalized spacial score (nSPS) is 10.3. The van der Waals surface area contributed by atoms with Crippen LogP contribution < -0.4 is 10.6 Å². The van der Waals surface area contributed by atoms with Gasteiger partial charge in [-0.2, -0.15) is 0 Å². The topological polar surface area (TPSA) is 63.2 Å². The van der Waals surface area contributed by atoms with Gasteiger partial charge in [-0.1, -0.05) is 11.6 Å². The van der Waals surface area contributed by atoms with E-state index in [1.165, 1.54) is 18.4 Å². The molecule has 1 aromatic heterocycles. The molecule has 0 aliphatic carbocycles. The van der Waals surface area contributed by atoms with Crippen LogP contribution in [0.25, 0.3) is 0 Å². The van der Waals surface area contributed by atoms with E-state index < -0.39 is 0 Å². The van der Waals surface area contributed by atoms with Crippen LogP contribution in [0.3, 0.4) is 0 Å². The Morgan fingerprint density at radius 3 is 2.78 bits per heavy atom. The second-order valence-electron chi connectivity index (χ2n) is 4.82. The Balaban J connectivity index is 2.03. The molecule has 0 amide bonds. The second-order valence-corrected chi connectivity index (χ2v) is 6.75. The van der Waals surface area contributed by atoms with Gasteiger partial charge >= 0.3 is 5.97 Å². The van der Waals surface area contributed by atoms with E-state index in [0.717, 1.165) is 21.8 Å². The summed E-state index contributed by atoms with van der Waals surface area (Å²) < 4.78 is 4.67. The minimum Gasteiger partial charge on any atom is -0.469 e. The van der Waals surface area contributed by atoms with Crippen LogP contribution in [0.4, 0.5) is 10.8 Å². The number of hydrogen-bond donors (Lipinski definition) is 2. The highest BCUT2D eigenvalue weighted by atomic mass is 35.5. The number of esters is 1. The van der Waals surface area contributed by atoms with Crippen LogP contribution in [0, 0.1) is 13.8 Å². The Bertz CT molecular complexity index is 746. The van der Waals surface area contributed by atoms with Crippen LogP contribution in [0.5, 0.6) is 0 Å². The minimum atomic E-state index is -0.291. The first-order valence-corrected chi connectivity index (χ1v) is 8.36. The molecule has 0 saturated carbocycles. The van der Waals surface area contributed by atoms with E-state index in [-0.39, 0.29) is 12.4 Å². The third-order valence-electron chi connectivity index (χ3n) is 3.08. The van der Waals surface area contributed by atoms with E-state index in [4.69, 9.17) is 23.8 Å². The standard InChI is InChI=1S/C15H16ClN3O2S2/c1-8-6-10(16)4-5-11(8)18-14(22)19-15-17-9(2)12(23-15)7-13(20)21-3/h4-6H,7H2,1-3H3,(H2,17,18,19,22). The van der Waals surface area contributed by atoms with Crippen LogP contribution in [-0.2, 0) is 16.0 Å². The van der Waals surface area contributed by atoms with Crippen molar-refractivity contribution in [2.45, 2.75) is 20.3 Å². The number of aromatic nitrogens is 1. The smallest absolute Gasteiger partial charge is 0.310 e. The third kappa shape index (κ3) is 4.89. The fraction of sp³-hybridized carbons (Fsp3) is 0.267. The molecule has 0 aliphatic rings. The molecule has 0 atom stereocenters. The van der Waals surface area contributed by atoms with Gasteiger partial charge in [0, 0.05) is 15.6 Å². The average molecular weight is 370 g/mol. The molecule has 0 spiro atoms. The largest absolute Gasteiger partial charge is 0.469 e. The van der Waals surface area contributed by atoms with Gasteiger partial charge in [0.25, 0.3) is 0 Å². The van der Waals surface area contributed by atoms with Crippen molar-refractivity contribution < 1.29 is 9.53 Å². The van der Waals surface area contributed by atoms with E-state index in [1.54, 1.807) is 6.07 Å².